The minimum Gasteiger partial charge on any atom is -0.310 e. The summed E-state index contributed by atoms with van der Waals surface area (Å²) in [5, 5.41) is 7.66. The normalized spacial score (nSPS) is 19.1. The van der Waals surface area contributed by atoms with E-state index in [9.17, 15) is 0 Å². The van der Waals surface area contributed by atoms with E-state index in [0.29, 0.717) is 41.4 Å². The van der Waals surface area contributed by atoms with E-state index in [-0.39, 0.29) is 21.7 Å². The summed E-state index contributed by atoms with van der Waals surface area (Å²) in [6.07, 6.45) is 8.52. The van der Waals surface area contributed by atoms with Crippen molar-refractivity contribution >= 4 is 99.5 Å². The first-order valence-electron chi connectivity index (χ1n) is 48.2. The van der Waals surface area contributed by atoms with Crippen LogP contribution in [-0.2, 0) is 21.7 Å². The van der Waals surface area contributed by atoms with Gasteiger partial charge in [-0.3, -0.25) is 0 Å². The number of para-hydroxylation sites is 4. The number of hydrogen-bond acceptors (Lipinski definition) is 2. The van der Waals surface area contributed by atoms with Gasteiger partial charge in [-0.05, 0) is 307 Å². The Labute approximate surface area is 765 Å². The first kappa shape index (κ1) is 78.7. The van der Waals surface area contributed by atoms with E-state index in [0.717, 1.165) is 35.6 Å². The summed E-state index contributed by atoms with van der Waals surface area (Å²) in [4.78, 5) is 5.22. The molecule has 5 heterocycles. The fraction of sp³-hybridized carbons (Fsp3) is 0.232. The van der Waals surface area contributed by atoms with Gasteiger partial charge < -0.3 is 23.5 Å². The van der Waals surface area contributed by atoms with Gasteiger partial charge in [-0.2, -0.15) is 0 Å². The van der Waals surface area contributed by atoms with Crippen LogP contribution in [-0.4, -0.2) is 13.7 Å². The highest BCUT2D eigenvalue weighted by Gasteiger charge is 2.57. The summed E-state index contributed by atoms with van der Waals surface area (Å²) in [6.45, 7) is 27.1. The number of rotatable bonds is 16. The summed E-state index contributed by atoms with van der Waals surface area (Å²) in [5.41, 5.74) is 41.5. The third kappa shape index (κ3) is 11.4. The van der Waals surface area contributed by atoms with Crippen molar-refractivity contribution in [2.75, 3.05) is 9.80 Å². The molecule has 636 valence electrons. The maximum atomic E-state index is 2.69. The molecule has 4 aliphatic carbocycles. The Kier molecular flexibility index (Phi) is 17.7. The Morgan fingerprint density at radius 2 is 0.715 bits per heavy atom. The predicted octanol–water partition coefficient (Wildman–Crippen LogP) is 33.9. The van der Waals surface area contributed by atoms with Crippen LogP contribution in [0.25, 0.3) is 138 Å². The molecule has 7 atom stereocenters. The maximum absolute atomic E-state index is 2.69. The highest BCUT2D eigenvalue weighted by Crippen LogP contribution is 2.66. The number of nitrogens with zero attached hydrogens (tertiary/aromatic N) is 5. The number of hydrogen-bond donors (Lipinski definition) is 0. The van der Waals surface area contributed by atoms with Gasteiger partial charge >= 0.3 is 0 Å². The predicted molar refractivity (Wildman–Crippen MR) is 548 cm³/mol. The van der Waals surface area contributed by atoms with Gasteiger partial charge in [-0.15, -0.1) is 0 Å². The van der Waals surface area contributed by atoms with E-state index < -0.39 is 0 Å². The molecule has 2 bridgehead atoms. The monoisotopic (exact) mass is 1680 g/mol. The van der Waals surface area contributed by atoms with Crippen molar-refractivity contribution in [1.82, 2.24) is 13.7 Å². The van der Waals surface area contributed by atoms with Gasteiger partial charge in [0.15, 0.2) is 0 Å². The average molecular weight is 1680 g/mol. The van der Waals surface area contributed by atoms with Crippen molar-refractivity contribution < 1.29 is 0 Å². The molecule has 3 aromatic heterocycles. The fourth-order valence-electron chi connectivity index (χ4n) is 27.4. The van der Waals surface area contributed by atoms with Crippen molar-refractivity contribution in [1.29, 1.82) is 0 Å². The third-order valence-electron chi connectivity index (χ3n) is 32.6. The van der Waals surface area contributed by atoms with Crippen molar-refractivity contribution in [3.63, 3.8) is 0 Å². The van der Waals surface area contributed by atoms with Crippen LogP contribution in [0, 0.1) is 41.4 Å². The summed E-state index contributed by atoms with van der Waals surface area (Å²) in [6, 6.07) is 135. The van der Waals surface area contributed by atoms with Crippen molar-refractivity contribution in [2.45, 2.75) is 143 Å². The summed E-state index contributed by atoms with van der Waals surface area (Å²) >= 11 is 0. The van der Waals surface area contributed by atoms with Crippen LogP contribution in [0.1, 0.15) is 166 Å². The molecule has 16 aromatic carbocycles. The highest BCUT2D eigenvalue weighted by atomic mass is 15.2. The van der Waals surface area contributed by atoms with Crippen LogP contribution >= 0.6 is 0 Å². The standard InChI is InChI=1S/C125H111N5/c1-76(2)63-79(6)124(80(7)64-77(3)4)108-41-21-25-45-117(108)130-119-69-86(51-59-102(119)105-71-95(74-112(124)120(105)130)127(91-34-27-31-84(67-91)81-29-13-12-14-30-81)93-58-61-99-97-36-16-20-40-107(97)123(10,11)111(99)73-93)85-52-62-116-103(68-85)100-37-17-23-43-114(100)128(116)90-55-49-83(50-56-90)82-47-53-89(54-48-82)126(92-57-60-98-96-35-15-19-39-106(96)122(8,9)110(98)72-92)94-70-104-101-38-18-24-44-115(101)129-118-46-26-22-42-109(118)125(113(75-94)121(104)129)87-32-28-33-88(125)66-78(5)65-87/h12-27,29-31,34-62,67-80,87-88H,28,32-33,63-66H2,1-11H3/t78?,79-,80+,87-,88+,124?,125?. The van der Waals surface area contributed by atoms with E-state index >= 15 is 0 Å². The largest absolute Gasteiger partial charge is 0.310 e. The van der Waals surface area contributed by atoms with Crippen molar-refractivity contribution in [2.24, 2.45) is 41.4 Å². The van der Waals surface area contributed by atoms with Gasteiger partial charge in [0.2, 0.25) is 0 Å². The van der Waals surface area contributed by atoms with E-state index in [1.165, 1.54) is 226 Å². The second-order valence-electron chi connectivity index (χ2n) is 41.5. The molecule has 25 rings (SSSR count). The molecule has 0 saturated heterocycles. The van der Waals surface area contributed by atoms with Crippen LogP contribution in [0.15, 0.2) is 346 Å². The van der Waals surface area contributed by atoms with Crippen LogP contribution in [0.2, 0.25) is 0 Å². The molecule has 5 heteroatoms. The topological polar surface area (TPSA) is 21.3 Å². The molecule has 2 saturated carbocycles. The minimum atomic E-state index is -0.348. The SMILES string of the molecule is CC(C)C[C@@H](C)C1([C@@H](C)CC(C)C)c2ccccc2-n2c3cc(-c4ccc5c(c4)c4ccccc4n5-c4ccc(-c5ccc(N(c6ccc7c(c6)C(C)(C)c6ccccc6-7)c6cc7c8c(c6)c6ccccc6n8-c6ccccc6C76[C@@H]7CCC[C@H]6CC(C)C7)cc5)cc4)ccc3c3cc(N(c4cccc(-c5ccccc5)c4)c4ccc5c(c4)C(C)(C)c4ccccc4-5)cc1c32. The molecule has 5 nitrogen and oxygen atoms in total. The molecule has 0 N–H and O–H groups in total. The lowest BCUT2D eigenvalue weighted by Crippen LogP contribution is -2.52. The minimum absolute atomic E-state index is 0.100. The van der Waals surface area contributed by atoms with E-state index in [1.807, 2.05) is 0 Å². The second kappa shape index (κ2) is 29.3. The second-order valence-corrected chi connectivity index (χ2v) is 41.5. The number of fused-ring (bicyclic) bond motifs is 19. The zero-order chi connectivity index (χ0) is 87.7. The molecular formula is C125H111N5. The van der Waals surface area contributed by atoms with E-state index in [2.05, 4.69) is 445 Å². The Morgan fingerprint density at radius 1 is 0.292 bits per heavy atom. The zero-order valence-electron chi connectivity index (χ0n) is 76.6. The van der Waals surface area contributed by atoms with Crippen LogP contribution in [0.3, 0.4) is 0 Å². The lowest BCUT2D eigenvalue weighted by molar-refractivity contribution is 0.0533. The average Bonchev–Trinajstić information content (AvgIpc) is 1.49. The third-order valence-corrected chi connectivity index (χ3v) is 32.6. The van der Waals surface area contributed by atoms with E-state index in [4.69, 9.17) is 0 Å². The number of benzene rings is 16. The van der Waals surface area contributed by atoms with Crippen molar-refractivity contribution in [3.8, 4) is 72.7 Å². The lowest BCUT2D eigenvalue weighted by Gasteiger charge is -2.57. The molecule has 2 fully saturated rings. The Balaban J connectivity index is 0.613. The maximum Gasteiger partial charge on any atom is 0.0584 e. The Bertz CT molecular complexity index is 7840. The van der Waals surface area contributed by atoms with Gasteiger partial charge in [-0.1, -0.05) is 301 Å². The molecule has 0 amide bonds. The molecule has 2 aliphatic heterocycles. The first-order valence-corrected chi connectivity index (χ1v) is 48.2. The van der Waals surface area contributed by atoms with Gasteiger partial charge in [0, 0.05) is 93.8 Å². The van der Waals surface area contributed by atoms with Gasteiger partial charge in [0.1, 0.15) is 0 Å². The molecule has 130 heavy (non-hydrogen) atoms. The van der Waals surface area contributed by atoms with Gasteiger partial charge in [0.05, 0.1) is 44.5 Å². The van der Waals surface area contributed by atoms with E-state index in [1.54, 1.807) is 0 Å². The molecular weight excluding hydrogens is 1570 g/mol. The van der Waals surface area contributed by atoms with Crippen LogP contribution < -0.4 is 9.80 Å². The fourth-order valence-corrected chi connectivity index (χ4v) is 27.4. The summed E-state index contributed by atoms with van der Waals surface area (Å²) in [7, 11) is 0. The first-order chi connectivity index (χ1) is 63.3. The molecule has 0 radical (unpaired) electrons. The molecule has 6 aliphatic rings. The summed E-state index contributed by atoms with van der Waals surface area (Å²) < 4.78 is 7.83. The molecule has 1 spiro atoms. The number of aromatic nitrogens is 3. The van der Waals surface area contributed by atoms with Crippen molar-refractivity contribution in [3.05, 3.63) is 390 Å². The number of anilines is 6. The van der Waals surface area contributed by atoms with Gasteiger partial charge in [-0.25, -0.2) is 0 Å². The van der Waals surface area contributed by atoms with Crippen LogP contribution in [0.5, 0.6) is 0 Å². The van der Waals surface area contributed by atoms with Gasteiger partial charge in [0.25, 0.3) is 0 Å². The molecule has 19 aromatic rings. The highest BCUT2D eigenvalue weighted by molar-refractivity contribution is 6.17. The molecule has 3 unspecified atom stereocenters. The zero-order valence-corrected chi connectivity index (χ0v) is 76.6. The summed E-state index contributed by atoms with van der Waals surface area (Å²) in [5.74, 6) is 3.40. The smallest absolute Gasteiger partial charge is 0.0584 e. The Hall–Kier alpha value is -13.5. The Morgan fingerprint density at radius 3 is 1.34 bits per heavy atom. The lowest BCUT2D eigenvalue weighted by atomic mass is 9.47. The quantitative estimate of drug-likeness (QED) is 0.0961. The van der Waals surface area contributed by atoms with Crippen LogP contribution in [0.4, 0.5) is 34.1 Å².